The van der Waals surface area contributed by atoms with Crippen LogP contribution < -0.4 is 5.73 Å². The fourth-order valence-electron chi connectivity index (χ4n) is 0.741. The fraction of sp³-hybridized carbons (Fsp3) is 0.429. The summed E-state index contributed by atoms with van der Waals surface area (Å²) in [5, 5.41) is 0. The van der Waals surface area contributed by atoms with Crippen molar-refractivity contribution in [2.75, 3.05) is 6.54 Å². The Morgan fingerprint density at radius 2 is 2.25 bits per heavy atom. The predicted octanol–water partition coefficient (Wildman–Crippen LogP) is 2.87. The van der Waals surface area contributed by atoms with Gasteiger partial charge in [-0.3, -0.25) is 0 Å². The van der Waals surface area contributed by atoms with Crippen LogP contribution in [0.2, 0.25) is 0 Å². The Labute approximate surface area is 81.7 Å². The van der Waals surface area contributed by atoms with Gasteiger partial charge in [0, 0.05) is 9.35 Å². The van der Waals surface area contributed by atoms with Crippen molar-refractivity contribution in [1.29, 1.82) is 0 Å². The van der Waals surface area contributed by atoms with E-state index in [4.69, 9.17) is 5.73 Å². The minimum absolute atomic E-state index is 0.0226. The maximum atomic E-state index is 12.9. The van der Waals surface area contributed by atoms with Gasteiger partial charge in [-0.1, -0.05) is 0 Å². The number of rotatable bonds is 2. The molecule has 0 spiro atoms. The quantitative estimate of drug-likeness (QED) is 0.865. The van der Waals surface area contributed by atoms with E-state index in [1.54, 1.807) is 6.92 Å². The van der Waals surface area contributed by atoms with Gasteiger partial charge in [-0.15, -0.1) is 11.3 Å². The Hall–Kier alpha value is -0.0000000000000000555. The summed E-state index contributed by atoms with van der Waals surface area (Å²) in [6, 6.07) is 1.42. The third kappa shape index (κ3) is 1.84. The smallest absolute Gasteiger partial charge is 0.294 e. The van der Waals surface area contributed by atoms with Crippen LogP contribution in [0, 0.1) is 6.92 Å². The topological polar surface area (TPSA) is 26.0 Å². The van der Waals surface area contributed by atoms with Crippen molar-refractivity contribution in [3.63, 3.8) is 0 Å². The molecule has 0 aliphatic rings. The lowest BCUT2D eigenvalue weighted by atomic mass is 10.3. The van der Waals surface area contributed by atoms with Crippen LogP contribution in [-0.4, -0.2) is 6.54 Å². The van der Waals surface area contributed by atoms with Crippen LogP contribution in [0.15, 0.2) is 10.5 Å². The van der Waals surface area contributed by atoms with Crippen LogP contribution in [0.5, 0.6) is 0 Å². The zero-order chi connectivity index (χ0) is 9.35. The maximum Gasteiger partial charge on any atom is 0.294 e. The normalized spacial score (nSPS) is 12.1. The largest absolute Gasteiger partial charge is 0.325 e. The number of aryl methyl sites for hydroxylation is 1. The van der Waals surface area contributed by atoms with Gasteiger partial charge in [-0.05, 0) is 28.9 Å². The first-order chi connectivity index (χ1) is 5.47. The molecule has 0 amide bonds. The molecular weight excluding hydrogens is 248 g/mol. The van der Waals surface area contributed by atoms with Gasteiger partial charge in [0.2, 0.25) is 0 Å². The van der Waals surface area contributed by atoms with Crippen LogP contribution >= 0.6 is 27.3 Å². The summed E-state index contributed by atoms with van der Waals surface area (Å²) in [5.41, 5.74) is 4.94. The van der Waals surface area contributed by atoms with Crippen LogP contribution in [0.1, 0.15) is 9.75 Å². The predicted molar refractivity (Wildman–Crippen MR) is 49.7 cm³/mol. The van der Waals surface area contributed by atoms with Crippen LogP contribution in [0.4, 0.5) is 8.78 Å². The molecule has 0 bridgehead atoms. The molecule has 0 fully saturated rings. The molecule has 0 radical (unpaired) electrons. The number of hydrogen-bond donors (Lipinski definition) is 1. The summed E-state index contributed by atoms with van der Waals surface area (Å²) in [5.74, 6) is -2.89. The molecule has 0 aliphatic heterocycles. The standard InChI is InChI=1S/C7H8BrF2NS/c1-4-5(8)2-6(12-4)7(9,10)3-11/h2H,3,11H2,1H3. The lowest BCUT2D eigenvalue weighted by molar-refractivity contribution is 0.00986. The van der Waals surface area contributed by atoms with Crippen molar-refractivity contribution in [1.82, 2.24) is 0 Å². The Morgan fingerprint density at radius 1 is 1.67 bits per heavy atom. The number of halogens is 3. The minimum atomic E-state index is -2.89. The molecule has 5 heteroatoms. The first-order valence-electron chi connectivity index (χ1n) is 3.31. The zero-order valence-corrected chi connectivity index (χ0v) is 8.81. The minimum Gasteiger partial charge on any atom is -0.325 e. The van der Waals surface area contributed by atoms with E-state index < -0.39 is 12.5 Å². The van der Waals surface area contributed by atoms with Crippen molar-refractivity contribution in [3.8, 4) is 0 Å². The summed E-state index contributed by atoms with van der Waals surface area (Å²) in [7, 11) is 0. The van der Waals surface area contributed by atoms with Crippen molar-refractivity contribution in [2.24, 2.45) is 5.73 Å². The summed E-state index contributed by atoms with van der Waals surface area (Å²) >= 11 is 4.24. The molecule has 1 aromatic heterocycles. The third-order valence-corrected chi connectivity index (χ3v) is 3.72. The van der Waals surface area contributed by atoms with Crippen molar-refractivity contribution in [2.45, 2.75) is 12.8 Å². The molecule has 0 aliphatic carbocycles. The monoisotopic (exact) mass is 255 g/mol. The molecule has 0 aromatic carbocycles. The highest BCUT2D eigenvalue weighted by Gasteiger charge is 2.31. The SMILES string of the molecule is Cc1sc(C(F)(F)CN)cc1Br. The molecule has 0 unspecified atom stereocenters. The molecular formula is C7H8BrF2NS. The first-order valence-corrected chi connectivity index (χ1v) is 4.92. The van der Waals surface area contributed by atoms with Gasteiger partial charge in [0.1, 0.15) is 0 Å². The number of alkyl halides is 2. The van der Waals surface area contributed by atoms with Gasteiger partial charge < -0.3 is 5.73 Å². The van der Waals surface area contributed by atoms with Gasteiger partial charge >= 0.3 is 0 Å². The van der Waals surface area contributed by atoms with Gasteiger partial charge in [0.05, 0.1) is 11.4 Å². The number of thiophene rings is 1. The lowest BCUT2D eigenvalue weighted by Gasteiger charge is -2.10. The molecule has 1 rings (SSSR count). The molecule has 1 heterocycles. The van der Waals surface area contributed by atoms with Crippen LogP contribution in [-0.2, 0) is 5.92 Å². The van der Waals surface area contributed by atoms with E-state index in [-0.39, 0.29) is 4.88 Å². The number of hydrogen-bond acceptors (Lipinski definition) is 2. The second kappa shape index (κ2) is 3.40. The van der Waals surface area contributed by atoms with E-state index in [0.717, 1.165) is 20.7 Å². The van der Waals surface area contributed by atoms with Gasteiger partial charge in [-0.25, -0.2) is 0 Å². The summed E-state index contributed by atoms with van der Waals surface area (Å²) < 4.78 is 26.6. The maximum absolute atomic E-state index is 12.9. The lowest BCUT2D eigenvalue weighted by Crippen LogP contribution is -2.23. The Kier molecular flexibility index (Phi) is 2.85. The summed E-state index contributed by atoms with van der Waals surface area (Å²) in [6.07, 6.45) is 0. The van der Waals surface area contributed by atoms with Crippen molar-refractivity contribution in [3.05, 3.63) is 20.3 Å². The highest BCUT2D eigenvalue weighted by Crippen LogP contribution is 2.36. The number of nitrogens with two attached hydrogens (primary N) is 1. The molecule has 2 N–H and O–H groups in total. The molecule has 0 atom stereocenters. The molecule has 12 heavy (non-hydrogen) atoms. The van der Waals surface area contributed by atoms with Crippen molar-refractivity contribution >= 4 is 27.3 Å². The Balaban J connectivity index is 3.04. The molecule has 68 valence electrons. The molecule has 0 saturated carbocycles. The Bertz CT molecular complexity index is 265. The highest BCUT2D eigenvalue weighted by atomic mass is 79.9. The fourth-order valence-corrected chi connectivity index (χ4v) is 2.26. The van der Waals surface area contributed by atoms with Gasteiger partial charge in [0.25, 0.3) is 5.92 Å². The van der Waals surface area contributed by atoms with Crippen molar-refractivity contribution < 1.29 is 8.78 Å². The van der Waals surface area contributed by atoms with Crippen LogP contribution in [0.25, 0.3) is 0 Å². The summed E-state index contributed by atoms with van der Waals surface area (Å²) in [4.78, 5) is 0.868. The molecule has 0 saturated heterocycles. The first kappa shape index (κ1) is 10.1. The van der Waals surface area contributed by atoms with E-state index >= 15 is 0 Å². The van der Waals surface area contributed by atoms with E-state index in [0.29, 0.717) is 0 Å². The van der Waals surface area contributed by atoms with Crippen LogP contribution in [0.3, 0.4) is 0 Å². The van der Waals surface area contributed by atoms with Gasteiger partial charge in [-0.2, -0.15) is 8.78 Å². The molecule has 1 aromatic rings. The average molecular weight is 256 g/mol. The van der Waals surface area contributed by atoms with E-state index in [9.17, 15) is 8.78 Å². The van der Waals surface area contributed by atoms with Gasteiger partial charge in [0.15, 0.2) is 0 Å². The van der Waals surface area contributed by atoms with E-state index in [2.05, 4.69) is 15.9 Å². The summed E-state index contributed by atoms with van der Waals surface area (Å²) in [6.45, 7) is 1.14. The second-order valence-electron chi connectivity index (χ2n) is 2.42. The van der Waals surface area contributed by atoms with E-state index in [1.165, 1.54) is 6.07 Å². The second-order valence-corrected chi connectivity index (χ2v) is 4.53. The Morgan fingerprint density at radius 3 is 2.58 bits per heavy atom. The highest BCUT2D eigenvalue weighted by molar-refractivity contribution is 9.10. The molecule has 1 nitrogen and oxygen atoms in total. The van der Waals surface area contributed by atoms with E-state index in [1.807, 2.05) is 0 Å². The third-order valence-electron chi connectivity index (χ3n) is 1.47. The zero-order valence-electron chi connectivity index (χ0n) is 6.40. The average Bonchev–Trinajstić information content (AvgIpc) is 2.33.